The van der Waals surface area contributed by atoms with E-state index in [1.165, 1.54) is 5.56 Å². The number of hydrogen-bond acceptors (Lipinski definition) is 4. The van der Waals surface area contributed by atoms with Crippen LogP contribution in [0.25, 0.3) is 0 Å². The van der Waals surface area contributed by atoms with Gasteiger partial charge < -0.3 is 9.84 Å². The van der Waals surface area contributed by atoms with E-state index in [1.54, 1.807) is 5.38 Å². The molecule has 20 heavy (non-hydrogen) atoms. The van der Waals surface area contributed by atoms with Crippen molar-refractivity contribution in [1.82, 2.24) is 4.98 Å². The van der Waals surface area contributed by atoms with Gasteiger partial charge in [0.25, 0.3) is 0 Å². The van der Waals surface area contributed by atoms with Crippen LogP contribution in [0, 0.1) is 0 Å². The maximum Gasteiger partial charge on any atom is 0.365 e. The van der Waals surface area contributed by atoms with Gasteiger partial charge in [0.1, 0.15) is 12.4 Å². The number of nitrogens with zero attached hydrogens (tertiary/aromatic N) is 1. The third-order valence-electron chi connectivity index (χ3n) is 2.84. The molecular weight excluding hydrogens is 274 g/mol. The van der Waals surface area contributed by atoms with Gasteiger partial charge in [0, 0.05) is 5.38 Å². The molecule has 0 radical (unpaired) electrons. The van der Waals surface area contributed by atoms with Crippen LogP contribution >= 0.6 is 11.3 Å². The summed E-state index contributed by atoms with van der Waals surface area (Å²) in [4.78, 5) is 14.7. The summed E-state index contributed by atoms with van der Waals surface area (Å²) < 4.78 is 5.60. The molecule has 1 aromatic heterocycles. The minimum Gasteiger partial charge on any atom is -0.487 e. The number of thiazole rings is 1. The number of aromatic nitrogens is 1. The second kappa shape index (κ2) is 5.63. The van der Waals surface area contributed by atoms with Gasteiger partial charge in [-0.2, -0.15) is 0 Å². The predicted molar refractivity (Wildman–Crippen MR) is 78.5 cm³/mol. The lowest BCUT2D eigenvalue weighted by Crippen LogP contribution is -2.10. The summed E-state index contributed by atoms with van der Waals surface area (Å²) in [6.07, 6.45) is 0. The van der Waals surface area contributed by atoms with E-state index in [4.69, 9.17) is 9.84 Å². The Labute approximate surface area is 122 Å². The number of carboxylic acids is 1. The van der Waals surface area contributed by atoms with E-state index in [1.807, 2.05) is 24.3 Å². The Morgan fingerprint density at radius 3 is 2.45 bits per heavy atom. The zero-order chi connectivity index (χ0) is 14.8. The Hall–Kier alpha value is -1.88. The van der Waals surface area contributed by atoms with Crippen LogP contribution in [0.1, 0.15) is 41.8 Å². The molecule has 0 atom stereocenters. The maximum absolute atomic E-state index is 10.7. The topological polar surface area (TPSA) is 59.4 Å². The number of hydrogen-bond donors (Lipinski definition) is 1. The minimum absolute atomic E-state index is 0.0895. The van der Waals surface area contributed by atoms with Crippen LogP contribution in [0.5, 0.6) is 5.75 Å². The first-order chi connectivity index (χ1) is 9.36. The Balaban J connectivity index is 1.98. The van der Waals surface area contributed by atoms with Gasteiger partial charge in [0.05, 0.1) is 5.69 Å². The normalized spacial score (nSPS) is 11.3. The molecule has 0 spiro atoms. The number of carboxylic acid groups (broad SMARTS) is 1. The molecule has 1 N–H and O–H groups in total. The SMILES string of the molecule is CC(C)(C)c1ccc(OCc2csc(C(=O)O)n2)cc1. The summed E-state index contributed by atoms with van der Waals surface area (Å²) in [6, 6.07) is 7.92. The van der Waals surface area contributed by atoms with Gasteiger partial charge in [-0.05, 0) is 23.1 Å². The number of carbonyl (C=O) groups is 1. The molecule has 1 aromatic carbocycles. The molecule has 0 fully saturated rings. The van der Waals surface area contributed by atoms with E-state index in [9.17, 15) is 4.79 Å². The Bertz CT molecular complexity index is 596. The van der Waals surface area contributed by atoms with Crippen LogP contribution < -0.4 is 4.74 Å². The molecular formula is C15H17NO3S. The molecule has 0 saturated heterocycles. The van der Waals surface area contributed by atoms with Crippen molar-refractivity contribution in [3.05, 3.63) is 45.9 Å². The molecule has 0 unspecified atom stereocenters. The molecule has 1 heterocycles. The first kappa shape index (κ1) is 14.5. The van der Waals surface area contributed by atoms with Gasteiger partial charge in [-0.3, -0.25) is 0 Å². The van der Waals surface area contributed by atoms with E-state index in [0.29, 0.717) is 5.69 Å². The smallest absolute Gasteiger partial charge is 0.365 e. The lowest BCUT2D eigenvalue weighted by Gasteiger charge is -2.19. The van der Waals surface area contributed by atoms with E-state index < -0.39 is 5.97 Å². The second-order valence-electron chi connectivity index (χ2n) is 5.51. The van der Waals surface area contributed by atoms with Crippen molar-refractivity contribution in [1.29, 1.82) is 0 Å². The van der Waals surface area contributed by atoms with Crippen LogP contribution in [0.3, 0.4) is 0 Å². The summed E-state index contributed by atoms with van der Waals surface area (Å²) in [5, 5.41) is 10.6. The summed E-state index contributed by atoms with van der Waals surface area (Å²) in [5.41, 5.74) is 1.99. The van der Waals surface area contributed by atoms with Crippen LogP contribution in [0.2, 0.25) is 0 Å². The number of ether oxygens (including phenoxy) is 1. The van der Waals surface area contributed by atoms with Gasteiger partial charge in [-0.25, -0.2) is 9.78 Å². The van der Waals surface area contributed by atoms with Gasteiger partial charge in [0.15, 0.2) is 0 Å². The number of rotatable bonds is 4. The highest BCUT2D eigenvalue weighted by atomic mass is 32.1. The molecule has 106 valence electrons. The predicted octanol–water partition coefficient (Wildman–Crippen LogP) is 3.72. The van der Waals surface area contributed by atoms with Gasteiger partial charge in [-0.1, -0.05) is 32.9 Å². The van der Waals surface area contributed by atoms with Crippen LogP contribution in [-0.2, 0) is 12.0 Å². The standard InChI is InChI=1S/C15H17NO3S/c1-15(2,3)10-4-6-12(7-5-10)19-8-11-9-20-13(16-11)14(17)18/h4-7,9H,8H2,1-3H3,(H,17,18). The van der Waals surface area contributed by atoms with Crippen LogP contribution in [0.15, 0.2) is 29.6 Å². The zero-order valence-corrected chi connectivity index (χ0v) is 12.5. The van der Waals surface area contributed by atoms with Crippen molar-refractivity contribution in [3.8, 4) is 5.75 Å². The first-order valence-electron chi connectivity index (χ1n) is 6.27. The molecule has 0 bridgehead atoms. The fraction of sp³-hybridized carbons (Fsp3) is 0.333. The minimum atomic E-state index is -1.00. The van der Waals surface area contributed by atoms with E-state index in [2.05, 4.69) is 25.8 Å². The Morgan fingerprint density at radius 1 is 1.30 bits per heavy atom. The largest absolute Gasteiger partial charge is 0.487 e. The van der Waals surface area contributed by atoms with Crippen molar-refractivity contribution >= 4 is 17.3 Å². The van der Waals surface area contributed by atoms with Crippen LogP contribution in [0.4, 0.5) is 0 Å². The van der Waals surface area contributed by atoms with Crippen molar-refractivity contribution < 1.29 is 14.6 Å². The fourth-order valence-electron chi connectivity index (χ4n) is 1.68. The molecule has 0 amide bonds. The first-order valence-corrected chi connectivity index (χ1v) is 7.15. The summed E-state index contributed by atoms with van der Waals surface area (Å²) in [7, 11) is 0. The monoisotopic (exact) mass is 291 g/mol. The summed E-state index contributed by atoms with van der Waals surface area (Å²) in [6.45, 7) is 6.75. The Morgan fingerprint density at radius 2 is 1.95 bits per heavy atom. The molecule has 2 aromatic rings. The van der Waals surface area contributed by atoms with Crippen molar-refractivity contribution in [2.45, 2.75) is 32.8 Å². The van der Waals surface area contributed by atoms with Crippen molar-refractivity contribution in [3.63, 3.8) is 0 Å². The number of aromatic carboxylic acids is 1. The highest BCUT2D eigenvalue weighted by Crippen LogP contribution is 2.24. The van der Waals surface area contributed by atoms with Crippen LogP contribution in [-0.4, -0.2) is 16.1 Å². The average molecular weight is 291 g/mol. The molecule has 0 aliphatic carbocycles. The third kappa shape index (κ3) is 3.57. The molecule has 0 aliphatic heterocycles. The highest BCUT2D eigenvalue weighted by molar-refractivity contribution is 7.11. The van der Waals surface area contributed by atoms with E-state index in [-0.39, 0.29) is 17.0 Å². The molecule has 4 nitrogen and oxygen atoms in total. The highest BCUT2D eigenvalue weighted by Gasteiger charge is 2.13. The second-order valence-corrected chi connectivity index (χ2v) is 6.37. The lowest BCUT2D eigenvalue weighted by atomic mass is 9.87. The molecule has 0 saturated carbocycles. The Kier molecular flexibility index (Phi) is 4.09. The molecule has 5 heteroatoms. The van der Waals surface area contributed by atoms with E-state index in [0.717, 1.165) is 17.1 Å². The summed E-state index contributed by atoms with van der Waals surface area (Å²) in [5.74, 6) is -0.251. The quantitative estimate of drug-likeness (QED) is 0.932. The van der Waals surface area contributed by atoms with Gasteiger partial charge in [-0.15, -0.1) is 11.3 Å². The molecule has 0 aliphatic rings. The zero-order valence-electron chi connectivity index (χ0n) is 11.7. The fourth-order valence-corrected chi connectivity index (χ4v) is 2.32. The van der Waals surface area contributed by atoms with E-state index >= 15 is 0 Å². The van der Waals surface area contributed by atoms with Crippen molar-refractivity contribution in [2.24, 2.45) is 0 Å². The van der Waals surface area contributed by atoms with Crippen molar-refractivity contribution in [2.75, 3.05) is 0 Å². The number of benzene rings is 1. The average Bonchev–Trinajstić information content (AvgIpc) is 2.85. The molecule has 2 rings (SSSR count). The van der Waals surface area contributed by atoms with Gasteiger partial charge in [0.2, 0.25) is 5.01 Å². The maximum atomic E-state index is 10.7. The summed E-state index contributed by atoms with van der Waals surface area (Å²) >= 11 is 1.11. The third-order valence-corrected chi connectivity index (χ3v) is 3.72. The lowest BCUT2D eigenvalue weighted by molar-refractivity contribution is 0.0696. The van der Waals surface area contributed by atoms with Gasteiger partial charge >= 0.3 is 5.97 Å².